The van der Waals surface area contributed by atoms with Crippen LogP contribution >= 0.6 is 7.82 Å². The van der Waals surface area contributed by atoms with E-state index in [0.717, 1.165) is 116 Å². The third kappa shape index (κ3) is 61.6. The predicted molar refractivity (Wildman–Crippen MR) is 334 cm³/mol. The maximum absolute atomic E-state index is 12.8. The van der Waals surface area contributed by atoms with Gasteiger partial charge in [-0.1, -0.05) is 245 Å². The van der Waals surface area contributed by atoms with E-state index in [4.69, 9.17) is 18.5 Å². The van der Waals surface area contributed by atoms with Crippen LogP contribution in [0.25, 0.3) is 0 Å². The van der Waals surface area contributed by atoms with Crippen LogP contribution in [0.4, 0.5) is 0 Å². The fraction of sp³-hybridized carbons (Fsp3) is 0.676. The fourth-order valence-corrected chi connectivity index (χ4v) is 8.92. The largest absolute Gasteiger partial charge is 0.472 e. The number of likely N-dealkylation sites (N-methyl/N-ethyl adjacent to an activating group) is 1. The minimum Gasteiger partial charge on any atom is -0.462 e. The molecule has 0 fully saturated rings. The molecule has 10 heteroatoms. The summed E-state index contributed by atoms with van der Waals surface area (Å²) in [7, 11) is 1.46. The molecule has 0 bridgehead atoms. The normalized spacial score (nSPS) is 14.1. The van der Waals surface area contributed by atoms with E-state index >= 15 is 0 Å². The third-order valence-electron chi connectivity index (χ3n) is 13.0. The van der Waals surface area contributed by atoms with Crippen LogP contribution < -0.4 is 0 Å². The molecule has 0 amide bonds. The van der Waals surface area contributed by atoms with Crippen molar-refractivity contribution in [3.8, 4) is 0 Å². The summed E-state index contributed by atoms with van der Waals surface area (Å²) in [6, 6.07) is 0. The molecule has 0 heterocycles. The average Bonchev–Trinajstić information content (AvgIpc) is 3.40. The maximum Gasteiger partial charge on any atom is 0.472 e. The Morgan fingerprint density at radius 2 is 0.731 bits per heavy atom. The number of nitrogens with zero attached hydrogens (tertiary/aromatic N) is 1. The molecule has 0 saturated carbocycles. The number of carbonyl (C=O) groups excluding carboxylic acids is 2. The van der Waals surface area contributed by atoms with E-state index in [9.17, 15) is 19.0 Å². The molecular formula is C68H117NO8P+. The van der Waals surface area contributed by atoms with E-state index in [0.29, 0.717) is 17.4 Å². The quantitative estimate of drug-likeness (QED) is 0.0211. The van der Waals surface area contributed by atoms with Gasteiger partial charge in [-0.2, -0.15) is 0 Å². The molecule has 0 aromatic rings. The highest BCUT2D eigenvalue weighted by Gasteiger charge is 2.27. The molecule has 446 valence electrons. The van der Waals surface area contributed by atoms with Crippen LogP contribution in [0.15, 0.2) is 122 Å². The monoisotopic (exact) mass is 1110 g/mol. The zero-order chi connectivity index (χ0) is 57.0. The number of allylic oxidation sites excluding steroid dienone is 20. The Labute approximate surface area is 479 Å². The molecule has 0 spiro atoms. The van der Waals surface area contributed by atoms with Crippen LogP contribution in [0, 0.1) is 0 Å². The number of carbonyl (C=O) groups is 2. The Morgan fingerprint density at radius 1 is 0.410 bits per heavy atom. The number of unbranched alkanes of at least 4 members (excludes halogenated alkanes) is 22. The van der Waals surface area contributed by atoms with Crippen molar-refractivity contribution in [1.29, 1.82) is 0 Å². The van der Waals surface area contributed by atoms with Gasteiger partial charge in [-0.15, -0.1) is 0 Å². The first-order valence-corrected chi connectivity index (χ1v) is 32.8. The van der Waals surface area contributed by atoms with E-state index < -0.39 is 26.5 Å². The number of quaternary nitrogens is 1. The van der Waals surface area contributed by atoms with Gasteiger partial charge >= 0.3 is 19.8 Å². The van der Waals surface area contributed by atoms with Gasteiger partial charge in [0, 0.05) is 12.8 Å². The second-order valence-corrected chi connectivity index (χ2v) is 23.2. The minimum absolute atomic E-state index is 0.0263. The molecule has 2 unspecified atom stereocenters. The Hall–Kier alpha value is -3.59. The molecule has 1 N–H and O–H groups in total. The van der Waals surface area contributed by atoms with Crippen molar-refractivity contribution in [3.63, 3.8) is 0 Å². The summed E-state index contributed by atoms with van der Waals surface area (Å²) in [6.45, 7) is 4.28. The lowest BCUT2D eigenvalue weighted by molar-refractivity contribution is -0.870. The number of rotatable bonds is 56. The van der Waals surface area contributed by atoms with Crippen LogP contribution in [0.5, 0.6) is 0 Å². The Morgan fingerprint density at radius 3 is 1.10 bits per heavy atom. The number of hydrogen-bond donors (Lipinski definition) is 1. The first kappa shape index (κ1) is 74.4. The van der Waals surface area contributed by atoms with Crippen LogP contribution in [-0.2, 0) is 32.7 Å². The Balaban J connectivity index is 4.02. The average molecular weight is 1110 g/mol. The van der Waals surface area contributed by atoms with Crippen LogP contribution in [-0.4, -0.2) is 74.9 Å². The lowest BCUT2D eigenvalue weighted by Crippen LogP contribution is -2.37. The van der Waals surface area contributed by atoms with Crippen molar-refractivity contribution in [2.24, 2.45) is 0 Å². The zero-order valence-electron chi connectivity index (χ0n) is 50.6. The van der Waals surface area contributed by atoms with E-state index in [1.165, 1.54) is 96.3 Å². The van der Waals surface area contributed by atoms with E-state index in [1.807, 2.05) is 21.1 Å². The molecule has 0 aliphatic rings. The van der Waals surface area contributed by atoms with Crippen LogP contribution in [0.2, 0.25) is 0 Å². The van der Waals surface area contributed by atoms with Crippen molar-refractivity contribution >= 4 is 19.8 Å². The van der Waals surface area contributed by atoms with Crippen molar-refractivity contribution in [2.45, 2.75) is 251 Å². The molecule has 0 rings (SSSR count). The molecule has 0 aromatic carbocycles. The molecule has 0 saturated heterocycles. The molecule has 2 atom stereocenters. The number of ether oxygens (including phenoxy) is 2. The molecule has 0 radical (unpaired) electrons. The van der Waals surface area contributed by atoms with Crippen molar-refractivity contribution in [1.82, 2.24) is 0 Å². The van der Waals surface area contributed by atoms with Gasteiger partial charge < -0.3 is 18.9 Å². The van der Waals surface area contributed by atoms with Gasteiger partial charge in [-0.25, -0.2) is 4.57 Å². The van der Waals surface area contributed by atoms with Crippen LogP contribution in [0.3, 0.4) is 0 Å². The summed E-state index contributed by atoms with van der Waals surface area (Å²) in [5, 5.41) is 0. The van der Waals surface area contributed by atoms with E-state index in [-0.39, 0.29) is 32.0 Å². The topological polar surface area (TPSA) is 108 Å². The smallest absolute Gasteiger partial charge is 0.462 e. The minimum atomic E-state index is -4.39. The Kier molecular flexibility index (Phi) is 55.4. The molecule has 78 heavy (non-hydrogen) atoms. The first-order valence-electron chi connectivity index (χ1n) is 31.3. The third-order valence-corrected chi connectivity index (χ3v) is 14.0. The lowest BCUT2D eigenvalue weighted by atomic mass is 10.0. The summed E-state index contributed by atoms with van der Waals surface area (Å²) >= 11 is 0. The highest BCUT2D eigenvalue weighted by molar-refractivity contribution is 7.47. The highest BCUT2D eigenvalue weighted by Crippen LogP contribution is 2.43. The highest BCUT2D eigenvalue weighted by atomic mass is 31.2. The van der Waals surface area contributed by atoms with Crippen molar-refractivity contribution in [2.75, 3.05) is 47.5 Å². The molecule has 9 nitrogen and oxygen atoms in total. The second-order valence-electron chi connectivity index (χ2n) is 21.7. The van der Waals surface area contributed by atoms with Gasteiger partial charge in [0.15, 0.2) is 6.10 Å². The summed E-state index contributed by atoms with van der Waals surface area (Å²) in [5.74, 6) is -0.812. The van der Waals surface area contributed by atoms with Gasteiger partial charge in [-0.05, 0) is 109 Å². The Bertz CT molecular complexity index is 1730. The summed E-state index contributed by atoms with van der Waals surface area (Å²) in [6.07, 6.45) is 82.9. The van der Waals surface area contributed by atoms with Gasteiger partial charge in [-0.3, -0.25) is 18.6 Å². The predicted octanol–water partition coefficient (Wildman–Crippen LogP) is 19.9. The number of esters is 2. The SMILES string of the molecule is CC/C=C\C/C=C\C/C=C\C/C=C\C/C=C\C/C=C\C/C=C\C/C=C\C/C=C\CCCCCCCCCCCCCCCC(=O)OC(COC(=O)CCCCCCC/C=C\CCCCCC)COP(=O)(O)OCC[N+](C)(C)C. The van der Waals surface area contributed by atoms with E-state index in [2.05, 4.69) is 135 Å². The van der Waals surface area contributed by atoms with Crippen LogP contribution in [0.1, 0.15) is 245 Å². The first-order chi connectivity index (χ1) is 38.0. The molecule has 0 aliphatic heterocycles. The molecular weight excluding hydrogens is 990 g/mol. The van der Waals surface area contributed by atoms with E-state index in [1.54, 1.807) is 0 Å². The number of phosphoric acid groups is 1. The van der Waals surface area contributed by atoms with Crippen molar-refractivity contribution < 1.29 is 42.1 Å². The van der Waals surface area contributed by atoms with Gasteiger partial charge in [0.2, 0.25) is 0 Å². The standard InChI is InChI=1S/C68H116NO8P/c1-6-8-10-12-14-16-18-20-21-22-23-24-25-26-27-28-29-30-31-32-33-34-35-36-37-38-39-40-41-42-43-44-45-46-47-49-51-53-55-57-59-61-68(71)77-66(65-76-78(72,73)75-63-62-69(3,4)5)64-74-67(70)60-58-56-54-52-50-48-19-17-15-13-11-9-7-2/h8,10,14,16-17,19-21,23-24,26-27,29-30,32-33,35-36,38-39,66H,6-7,9,11-13,15,18,22,25,28,31,34,37,40-65H2,1-5H3/p+1/b10-8-,16-14-,19-17-,21-20-,24-23-,27-26-,30-29-,33-32-,36-35-,39-38-. The van der Waals surface area contributed by atoms with Gasteiger partial charge in [0.1, 0.15) is 19.8 Å². The zero-order valence-corrected chi connectivity index (χ0v) is 51.5. The lowest BCUT2D eigenvalue weighted by Gasteiger charge is -2.24. The van der Waals surface area contributed by atoms with Gasteiger partial charge in [0.05, 0.1) is 27.7 Å². The number of hydrogen-bond acceptors (Lipinski definition) is 7. The maximum atomic E-state index is 12.8. The fourth-order valence-electron chi connectivity index (χ4n) is 8.18. The van der Waals surface area contributed by atoms with Crippen molar-refractivity contribution in [3.05, 3.63) is 122 Å². The second kappa shape index (κ2) is 58.1. The summed E-state index contributed by atoms with van der Waals surface area (Å²) < 4.78 is 34.5. The summed E-state index contributed by atoms with van der Waals surface area (Å²) in [4.78, 5) is 35.6. The summed E-state index contributed by atoms with van der Waals surface area (Å²) in [5.41, 5.74) is 0. The number of phosphoric ester groups is 1. The molecule has 0 aliphatic carbocycles. The molecule has 0 aromatic heterocycles. The van der Waals surface area contributed by atoms with Gasteiger partial charge in [0.25, 0.3) is 0 Å².